The second-order valence-corrected chi connectivity index (χ2v) is 13.6. The fraction of sp³-hybridized carbons (Fsp3) is 0.0400. The van der Waals surface area contributed by atoms with Crippen LogP contribution >= 0.6 is 0 Å². The van der Waals surface area contributed by atoms with E-state index < -0.39 is 0 Å². The van der Waals surface area contributed by atoms with Crippen molar-refractivity contribution >= 4 is 44.1 Å². The minimum atomic E-state index is 0.316. The van der Waals surface area contributed by atoms with Gasteiger partial charge in [-0.25, -0.2) is 0 Å². The molecule has 1 aromatic heterocycles. The van der Waals surface area contributed by atoms with Gasteiger partial charge in [0.2, 0.25) is 0 Å². The number of allylic oxidation sites excluding steroid dienone is 7. The lowest BCUT2D eigenvalue weighted by Crippen LogP contribution is -2.22. The molecule has 246 valence electrons. The molecule has 10 rings (SSSR count). The van der Waals surface area contributed by atoms with E-state index in [2.05, 4.69) is 199 Å². The molecular formula is C50H35NO. The fourth-order valence-corrected chi connectivity index (χ4v) is 8.06. The first-order valence-electron chi connectivity index (χ1n) is 18.0. The number of fused-ring (bicyclic) bond motifs is 5. The molecule has 2 heteroatoms. The Morgan fingerprint density at radius 3 is 2.06 bits per heavy atom. The van der Waals surface area contributed by atoms with Gasteiger partial charge in [-0.1, -0.05) is 158 Å². The molecule has 0 saturated carbocycles. The van der Waals surface area contributed by atoms with Gasteiger partial charge in [0, 0.05) is 39.1 Å². The van der Waals surface area contributed by atoms with Gasteiger partial charge in [-0.3, -0.25) is 0 Å². The van der Waals surface area contributed by atoms with Gasteiger partial charge in [-0.2, -0.15) is 0 Å². The van der Waals surface area contributed by atoms with Crippen LogP contribution in [0.4, 0.5) is 11.4 Å². The van der Waals surface area contributed by atoms with Crippen molar-refractivity contribution in [3.8, 4) is 33.4 Å². The van der Waals surface area contributed by atoms with Crippen LogP contribution in [0, 0.1) is 5.92 Å². The average Bonchev–Trinajstić information content (AvgIpc) is 3.58. The van der Waals surface area contributed by atoms with Gasteiger partial charge < -0.3 is 9.32 Å². The zero-order valence-corrected chi connectivity index (χ0v) is 28.6. The monoisotopic (exact) mass is 665 g/mol. The summed E-state index contributed by atoms with van der Waals surface area (Å²) in [6, 6.07) is 56.7. The lowest BCUT2D eigenvalue weighted by Gasteiger charge is -2.35. The predicted octanol–water partition coefficient (Wildman–Crippen LogP) is 13.8. The molecule has 2 aliphatic rings. The van der Waals surface area contributed by atoms with Gasteiger partial charge in [0.05, 0.1) is 11.4 Å². The normalized spacial score (nSPS) is 15.1. The maximum Gasteiger partial charge on any atom is 0.143 e. The lowest BCUT2D eigenvalue weighted by molar-refractivity contribution is 0.670. The first-order chi connectivity index (χ1) is 25.8. The number of nitrogens with zero attached hydrogens (tertiary/aromatic N) is 1. The molecule has 0 N–H and O–H groups in total. The molecule has 0 fully saturated rings. The molecule has 8 aromatic rings. The van der Waals surface area contributed by atoms with Crippen LogP contribution in [0.3, 0.4) is 0 Å². The number of hydrogen-bond acceptors (Lipinski definition) is 2. The van der Waals surface area contributed by atoms with Gasteiger partial charge >= 0.3 is 0 Å². The van der Waals surface area contributed by atoms with Crippen LogP contribution in [-0.2, 0) is 0 Å². The van der Waals surface area contributed by atoms with Crippen molar-refractivity contribution in [1.82, 2.24) is 0 Å². The van der Waals surface area contributed by atoms with Crippen LogP contribution in [0.15, 0.2) is 210 Å². The molecule has 1 unspecified atom stereocenters. The maximum absolute atomic E-state index is 6.81. The lowest BCUT2D eigenvalue weighted by atomic mass is 9.85. The van der Waals surface area contributed by atoms with Crippen LogP contribution in [-0.4, -0.2) is 0 Å². The van der Waals surface area contributed by atoms with Crippen molar-refractivity contribution in [3.63, 3.8) is 0 Å². The van der Waals surface area contributed by atoms with Gasteiger partial charge in [0.25, 0.3) is 0 Å². The van der Waals surface area contributed by atoms with Gasteiger partial charge in [-0.05, 0) is 75.9 Å². The molecule has 1 heterocycles. The van der Waals surface area contributed by atoms with E-state index in [1.165, 1.54) is 44.3 Å². The summed E-state index contributed by atoms with van der Waals surface area (Å²) in [5.74, 6) is 0.316. The molecule has 0 spiro atoms. The molecule has 0 radical (unpaired) electrons. The van der Waals surface area contributed by atoms with E-state index in [4.69, 9.17) is 4.42 Å². The van der Waals surface area contributed by atoms with E-state index in [1.807, 2.05) is 0 Å². The summed E-state index contributed by atoms with van der Waals surface area (Å²) in [5.41, 5.74) is 13.4. The number of furan rings is 1. The van der Waals surface area contributed by atoms with Crippen LogP contribution in [0.25, 0.3) is 66.1 Å². The van der Waals surface area contributed by atoms with Gasteiger partial charge in [0.15, 0.2) is 0 Å². The third-order valence-corrected chi connectivity index (χ3v) is 10.6. The van der Waals surface area contributed by atoms with Crippen molar-refractivity contribution in [3.05, 3.63) is 205 Å². The second-order valence-electron chi connectivity index (χ2n) is 13.6. The Balaban J connectivity index is 1.25. The largest absolute Gasteiger partial charge is 0.455 e. The Kier molecular flexibility index (Phi) is 7.32. The number of para-hydroxylation sites is 2. The Labute approximate surface area is 303 Å². The molecule has 1 atom stereocenters. The third kappa shape index (κ3) is 5.11. The van der Waals surface area contributed by atoms with Crippen LogP contribution < -0.4 is 4.90 Å². The molecule has 2 aliphatic carbocycles. The maximum atomic E-state index is 6.81. The van der Waals surface area contributed by atoms with Crippen molar-refractivity contribution in [1.29, 1.82) is 0 Å². The van der Waals surface area contributed by atoms with Crippen molar-refractivity contribution in [2.45, 2.75) is 6.42 Å². The molecule has 0 amide bonds. The average molecular weight is 666 g/mol. The summed E-state index contributed by atoms with van der Waals surface area (Å²) in [7, 11) is 0. The Bertz CT molecular complexity index is 2760. The predicted molar refractivity (Wildman–Crippen MR) is 219 cm³/mol. The molecule has 7 aromatic carbocycles. The minimum absolute atomic E-state index is 0.316. The summed E-state index contributed by atoms with van der Waals surface area (Å²) >= 11 is 0. The number of anilines is 2. The Hall–Kier alpha value is -6.64. The molecule has 0 aliphatic heterocycles. The van der Waals surface area contributed by atoms with Crippen LogP contribution in [0.1, 0.15) is 6.42 Å². The van der Waals surface area contributed by atoms with E-state index in [9.17, 15) is 0 Å². The van der Waals surface area contributed by atoms with E-state index >= 15 is 0 Å². The molecular weight excluding hydrogens is 631 g/mol. The van der Waals surface area contributed by atoms with Crippen LogP contribution in [0.2, 0.25) is 0 Å². The number of hydrogen-bond donors (Lipinski definition) is 0. The highest BCUT2D eigenvalue weighted by Crippen LogP contribution is 2.48. The molecule has 52 heavy (non-hydrogen) atoms. The standard InChI is InChI=1S/C50H35NO/c1-3-15-34(16-4-1)39-29-30-48(44(31-39)36-17-5-2-6-18-36)51(46-28-13-22-35-19-9-10-23-40(35)46)47-27-12-11-24-41(47)42-25-14-26-43-45-32-37-20-7-8-21-38(37)33-49(45)52-50(42)43/h1-21,23-33,35H,22H2. The molecule has 2 nitrogen and oxygen atoms in total. The highest BCUT2D eigenvalue weighted by Gasteiger charge is 2.28. The zero-order valence-electron chi connectivity index (χ0n) is 28.6. The van der Waals surface area contributed by atoms with E-state index in [-0.39, 0.29) is 0 Å². The van der Waals surface area contributed by atoms with Gasteiger partial charge in [0.1, 0.15) is 11.2 Å². The Morgan fingerprint density at radius 2 is 1.21 bits per heavy atom. The quantitative estimate of drug-likeness (QED) is 0.176. The van der Waals surface area contributed by atoms with Crippen molar-refractivity contribution in [2.24, 2.45) is 5.92 Å². The summed E-state index contributed by atoms with van der Waals surface area (Å²) in [5, 5.41) is 4.65. The summed E-state index contributed by atoms with van der Waals surface area (Å²) in [4.78, 5) is 2.49. The second kappa shape index (κ2) is 12.6. The summed E-state index contributed by atoms with van der Waals surface area (Å²) in [6.07, 6.45) is 14.6. The van der Waals surface area contributed by atoms with Crippen molar-refractivity contribution in [2.75, 3.05) is 4.90 Å². The smallest absolute Gasteiger partial charge is 0.143 e. The SMILES string of the molecule is C1=CC2=C(N(c3ccc(-c4ccccc4)cc3-c3ccccc3)c3ccccc3-c3cccc4c3oc3cc5ccccc5cc34)C=CCC2C=C1. The first-order valence-corrected chi connectivity index (χ1v) is 18.0. The van der Waals surface area contributed by atoms with E-state index in [1.54, 1.807) is 0 Å². The third-order valence-electron chi connectivity index (χ3n) is 10.6. The molecule has 0 bridgehead atoms. The molecule has 0 saturated heterocycles. The Morgan fingerprint density at radius 1 is 0.500 bits per heavy atom. The van der Waals surface area contributed by atoms with Crippen molar-refractivity contribution < 1.29 is 4.42 Å². The van der Waals surface area contributed by atoms with Gasteiger partial charge in [-0.15, -0.1) is 0 Å². The summed E-state index contributed by atoms with van der Waals surface area (Å²) in [6.45, 7) is 0. The number of benzene rings is 7. The topological polar surface area (TPSA) is 16.4 Å². The number of rotatable bonds is 6. The minimum Gasteiger partial charge on any atom is -0.455 e. The summed E-state index contributed by atoms with van der Waals surface area (Å²) < 4.78 is 6.81. The van der Waals surface area contributed by atoms with E-state index in [0.717, 1.165) is 50.9 Å². The highest BCUT2D eigenvalue weighted by atomic mass is 16.3. The first kappa shape index (κ1) is 30.2. The fourth-order valence-electron chi connectivity index (χ4n) is 8.06. The van der Waals surface area contributed by atoms with Crippen LogP contribution in [0.5, 0.6) is 0 Å². The van der Waals surface area contributed by atoms with E-state index in [0.29, 0.717) is 5.92 Å². The highest BCUT2D eigenvalue weighted by molar-refractivity contribution is 6.14. The zero-order chi connectivity index (χ0) is 34.4.